The van der Waals surface area contributed by atoms with Crippen LogP contribution in [0, 0.1) is 20.8 Å². The molecule has 5 heteroatoms. The highest BCUT2D eigenvalue weighted by atomic mass is 15.3. The van der Waals surface area contributed by atoms with Gasteiger partial charge in [-0.25, -0.2) is 0 Å². The summed E-state index contributed by atoms with van der Waals surface area (Å²) in [6.45, 7) is 10.9. The van der Waals surface area contributed by atoms with Gasteiger partial charge < -0.3 is 5.32 Å². The number of hydrogen-bond donors (Lipinski definition) is 1. The summed E-state index contributed by atoms with van der Waals surface area (Å²) in [6, 6.07) is 2.14. The van der Waals surface area contributed by atoms with Gasteiger partial charge in [0.1, 0.15) is 0 Å². The van der Waals surface area contributed by atoms with Crippen molar-refractivity contribution >= 4 is 0 Å². The van der Waals surface area contributed by atoms with E-state index in [1.165, 1.54) is 17.0 Å². The van der Waals surface area contributed by atoms with Crippen molar-refractivity contribution in [1.82, 2.24) is 24.9 Å². The molecular formula is C14H23N5. The smallest absolute Gasteiger partial charge is 0.0831 e. The molecule has 0 aromatic carbocycles. The molecule has 0 saturated carbocycles. The van der Waals surface area contributed by atoms with Gasteiger partial charge in [0.05, 0.1) is 23.6 Å². The fourth-order valence-corrected chi connectivity index (χ4v) is 2.47. The number of nitrogens with one attached hydrogen (secondary N) is 1. The first-order chi connectivity index (χ1) is 9.06. The van der Waals surface area contributed by atoms with Crippen LogP contribution < -0.4 is 5.32 Å². The Hall–Kier alpha value is -1.62. The van der Waals surface area contributed by atoms with Crippen molar-refractivity contribution in [2.45, 2.75) is 47.3 Å². The molecule has 2 aromatic heterocycles. The molecule has 0 unspecified atom stereocenters. The Labute approximate surface area is 114 Å². The van der Waals surface area contributed by atoms with Gasteiger partial charge in [-0.3, -0.25) is 9.36 Å². The van der Waals surface area contributed by atoms with Gasteiger partial charge in [0.2, 0.25) is 0 Å². The SMILES string of the molecule is CCn1nc(C)cc1Cn1nc(C)c(CNC)c1C. The third kappa shape index (κ3) is 2.71. The Kier molecular flexibility index (Phi) is 4.04. The number of nitrogens with zero attached hydrogens (tertiary/aromatic N) is 4. The lowest BCUT2D eigenvalue weighted by Crippen LogP contribution is -2.11. The average Bonchev–Trinajstić information content (AvgIpc) is 2.85. The molecular weight excluding hydrogens is 238 g/mol. The van der Waals surface area contributed by atoms with E-state index in [4.69, 9.17) is 0 Å². The number of aromatic nitrogens is 4. The Bertz CT molecular complexity index is 565. The normalized spacial score (nSPS) is 11.2. The Balaban J connectivity index is 2.30. The van der Waals surface area contributed by atoms with E-state index in [-0.39, 0.29) is 0 Å². The van der Waals surface area contributed by atoms with E-state index >= 15 is 0 Å². The molecule has 19 heavy (non-hydrogen) atoms. The van der Waals surface area contributed by atoms with Crippen molar-refractivity contribution in [3.63, 3.8) is 0 Å². The summed E-state index contributed by atoms with van der Waals surface area (Å²) in [5, 5.41) is 12.3. The van der Waals surface area contributed by atoms with E-state index in [1.54, 1.807) is 0 Å². The van der Waals surface area contributed by atoms with Gasteiger partial charge in [0, 0.05) is 24.3 Å². The maximum absolute atomic E-state index is 4.64. The molecule has 1 N–H and O–H groups in total. The summed E-state index contributed by atoms with van der Waals surface area (Å²) in [7, 11) is 1.96. The molecule has 0 radical (unpaired) electrons. The number of hydrogen-bond acceptors (Lipinski definition) is 3. The van der Waals surface area contributed by atoms with Crippen LogP contribution in [0.15, 0.2) is 6.07 Å². The van der Waals surface area contributed by atoms with E-state index < -0.39 is 0 Å². The zero-order valence-electron chi connectivity index (χ0n) is 12.5. The van der Waals surface area contributed by atoms with Crippen LogP contribution in [-0.2, 0) is 19.6 Å². The topological polar surface area (TPSA) is 47.7 Å². The van der Waals surface area contributed by atoms with Crippen LogP contribution in [-0.4, -0.2) is 26.6 Å². The van der Waals surface area contributed by atoms with E-state index in [0.717, 1.165) is 31.0 Å². The van der Waals surface area contributed by atoms with Gasteiger partial charge in [-0.1, -0.05) is 0 Å². The third-order valence-corrected chi connectivity index (χ3v) is 3.48. The zero-order valence-corrected chi connectivity index (χ0v) is 12.5. The molecule has 0 amide bonds. The summed E-state index contributed by atoms with van der Waals surface area (Å²) in [5.41, 5.74) is 5.90. The highest BCUT2D eigenvalue weighted by Gasteiger charge is 2.13. The average molecular weight is 261 g/mol. The monoisotopic (exact) mass is 261 g/mol. The zero-order chi connectivity index (χ0) is 14.0. The molecule has 0 fully saturated rings. The van der Waals surface area contributed by atoms with Crippen molar-refractivity contribution in [3.8, 4) is 0 Å². The summed E-state index contributed by atoms with van der Waals surface area (Å²) >= 11 is 0. The first-order valence-corrected chi connectivity index (χ1v) is 6.77. The number of aryl methyl sites for hydroxylation is 3. The first kappa shape index (κ1) is 13.8. The van der Waals surface area contributed by atoms with E-state index in [1.807, 2.05) is 18.7 Å². The maximum Gasteiger partial charge on any atom is 0.0831 e. The summed E-state index contributed by atoms with van der Waals surface area (Å²) in [6.07, 6.45) is 0. The molecule has 0 aliphatic heterocycles. The molecule has 5 nitrogen and oxygen atoms in total. The molecule has 2 rings (SSSR count). The maximum atomic E-state index is 4.64. The van der Waals surface area contributed by atoms with Gasteiger partial charge in [0.25, 0.3) is 0 Å². The molecule has 0 spiro atoms. The number of rotatable bonds is 5. The minimum atomic E-state index is 0.783. The van der Waals surface area contributed by atoms with Crippen LogP contribution in [0.5, 0.6) is 0 Å². The molecule has 0 bridgehead atoms. The van der Waals surface area contributed by atoms with Crippen LogP contribution in [0.4, 0.5) is 0 Å². The Morgan fingerprint density at radius 1 is 1.16 bits per heavy atom. The van der Waals surface area contributed by atoms with Gasteiger partial charge >= 0.3 is 0 Å². The fraction of sp³-hybridized carbons (Fsp3) is 0.571. The fourth-order valence-electron chi connectivity index (χ4n) is 2.47. The third-order valence-electron chi connectivity index (χ3n) is 3.48. The van der Waals surface area contributed by atoms with Gasteiger partial charge in [-0.15, -0.1) is 0 Å². The second-order valence-electron chi connectivity index (χ2n) is 4.93. The second kappa shape index (κ2) is 5.57. The molecule has 2 aromatic rings. The van der Waals surface area contributed by atoms with Gasteiger partial charge in [0.15, 0.2) is 0 Å². The standard InChI is InChI=1S/C14H23N5/c1-6-18-13(7-10(2)16-18)9-19-12(4)14(8-15-5)11(3)17-19/h7,15H,6,8-9H2,1-5H3. The first-order valence-electron chi connectivity index (χ1n) is 6.77. The lowest BCUT2D eigenvalue weighted by atomic mass is 10.2. The highest BCUT2D eigenvalue weighted by molar-refractivity contribution is 5.25. The quantitative estimate of drug-likeness (QED) is 0.892. The van der Waals surface area contributed by atoms with Crippen LogP contribution >= 0.6 is 0 Å². The minimum absolute atomic E-state index is 0.783. The predicted molar refractivity (Wildman–Crippen MR) is 76.2 cm³/mol. The van der Waals surface area contributed by atoms with Crippen LogP contribution in [0.1, 0.15) is 35.3 Å². The van der Waals surface area contributed by atoms with Crippen molar-refractivity contribution in [2.24, 2.45) is 0 Å². The highest BCUT2D eigenvalue weighted by Crippen LogP contribution is 2.15. The summed E-state index contributed by atoms with van der Waals surface area (Å²) < 4.78 is 4.12. The van der Waals surface area contributed by atoms with Gasteiger partial charge in [-0.05, 0) is 40.8 Å². The van der Waals surface area contributed by atoms with E-state index in [2.05, 4.69) is 47.0 Å². The molecule has 0 aliphatic rings. The lowest BCUT2D eigenvalue weighted by Gasteiger charge is -2.07. The second-order valence-corrected chi connectivity index (χ2v) is 4.93. The van der Waals surface area contributed by atoms with Crippen molar-refractivity contribution in [1.29, 1.82) is 0 Å². The lowest BCUT2D eigenvalue weighted by molar-refractivity contribution is 0.566. The molecule has 104 valence electrons. The van der Waals surface area contributed by atoms with E-state index in [9.17, 15) is 0 Å². The van der Waals surface area contributed by atoms with Crippen molar-refractivity contribution in [2.75, 3.05) is 7.05 Å². The molecule has 0 aliphatic carbocycles. The molecule has 2 heterocycles. The molecule has 0 saturated heterocycles. The summed E-state index contributed by atoms with van der Waals surface area (Å²) in [4.78, 5) is 0. The van der Waals surface area contributed by atoms with E-state index in [0.29, 0.717) is 0 Å². The predicted octanol–water partition coefficient (Wildman–Crippen LogP) is 1.79. The van der Waals surface area contributed by atoms with Crippen molar-refractivity contribution in [3.05, 3.63) is 34.4 Å². The Morgan fingerprint density at radius 2 is 1.89 bits per heavy atom. The van der Waals surface area contributed by atoms with Gasteiger partial charge in [-0.2, -0.15) is 10.2 Å². The molecule has 0 atom stereocenters. The van der Waals surface area contributed by atoms with Crippen LogP contribution in [0.25, 0.3) is 0 Å². The largest absolute Gasteiger partial charge is 0.316 e. The summed E-state index contributed by atoms with van der Waals surface area (Å²) in [5.74, 6) is 0. The minimum Gasteiger partial charge on any atom is -0.316 e. The van der Waals surface area contributed by atoms with Crippen molar-refractivity contribution < 1.29 is 0 Å². The van der Waals surface area contributed by atoms with Crippen LogP contribution in [0.2, 0.25) is 0 Å². The Morgan fingerprint density at radius 3 is 2.53 bits per heavy atom. The van der Waals surface area contributed by atoms with Crippen LogP contribution in [0.3, 0.4) is 0 Å².